The molecule has 2 heterocycles. The maximum atomic E-state index is 9.10. The Kier molecular flexibility index (Phi) is 5.83. The lowest BCUT2D eigenvalue weighted by atomic mass is 10.0. The summed E-state index contributed by atoms with van der Waals surface area (Å²) in [5.74, 6) is 0.819. The summed E-state index contributed by atoms with van der Waals surface area (Å²) in [6.07, 6.45) is 8.09. The van der Waals surface area contributed by atoms with Gasteiger partial charge in [0.05, 0.1) is 6.20 Å². The van der Waals surface area contributed by atoms with Crippen molar-refractivity contribution in [2.24, 2.45) is 0 Å². The molecule has 0 bridgehead atoms. The number of aliphatic hydroxyl groups excluding tert-OH is 1. The van der Waals surface area contributed by atoms with Crippen molar-refractivity contribution in [3.05, 3.63) is 48.3 Å². The SMILES string of the molecule is CN1CCCC[C@@H]1COc1cncc(-c2cccc(CCO)c2)c1. The predicted octanol–water partition coefficient (Wildman–Crippen LogP) is 3.15. The average Bonchev–Trinajstić information content (AvgIpc) is 2.62. The molecule has 0 saturated carbocycles. The van der Waals surface area contributed by atoms with E-state index in [0.29, 0.717) is 19.1 Å². The Morgan fingerprint density at radius 1 is 1.21 bits per heavy atom. The van der Waals surface area contributed by atoms with Crippen molar-refractivity contribution in [2.45, 2.75) is 31.7 Å². The number of hydrogen-bond acceptors (Lipinski definition) is 4. The third-order valence-electron chi connectivity index (χ3n) is 4.74. The molecule has 4 heteroatoms. The molecule has 0 radical (unpaired) electrons. The van der Waals surface area contributed by atoms with E-state index in [1.165, 1.54) is 19.3 Å². The van der Waals surface area contributed by atoms with Gasteiger partial charge in [0.2, 0.25) is 0 Å². The maximum absolute atomic E-state index is 9.10. The van der Waals surface area contributed by atoms with Crippen molar-refractivity contribution < 1.29 is 9.84 Å². The summed E-state index contributed by atoms with van der Waals surface area (Å²) in [4.78, 5) is 6.72. The van der Waals surface area contributed by atoms with E-state index < -0.39 is 0 Å². The minimum atomic E-state index is 0.166. The van der Waals surface area contributed by atoms with Crippen LogP contribution in [0.2, 0.25) is 0 Å². The topological polar surface area (TPSA) is 45.6 Å². The molecule has 4 nitrogen and oxygen atoms in total. The summed E-state index contributed by atoms with van der Waals surface area (Å²) in [6, 6.07) is 10.8. The minimum Gasteiger partial charge on any atom is -0.490 e. The molecule has 0 spiro atoms. The molecule has 1 aliphatic rings. The number of hydrogen-bond donors (Lipinski definition) is 1. The maximum Gasteiger partial charge on any atom is 0.138 e. The van der Waals surface area contributed by atoms with Crippen molar-refractivity contribution in [2.75, 3.05) is 26.8 Å². The standard InChI is InChI=1S/C20H26N2O2/c1-22-9-3-2-7-19(22)15-24-20-12-18(13-21-14-20)17-6-4-5-16(11-17)8-10-23/h4-6,11-14,19,23H,2-3,7-10,15H2,1H3/t19-/m1/s1. The van der Waals surface area contributed by atoms with Crippen molar-refractivity contribution >= 4 is 0 Å². The number of piperidine rings is 1. The first-order valence-electron chi connectivity index (χ1n) is 8.74. The number of rotatable bonds is 6. The Balaban J connectivity index is 1.68. The Morgan fingerprint density at radius 3 is 2.96 bits per heavy atom. The highest BCUT2D eigenvalue weighted by Crippen LogP contribution is 2.24. The second kappa shape index (κ2) is 8.27. The smallest absolute Gasteiger partial charge is 0.138 e. The zero-order valence-electron chi connectivity index (χ0n) is 14.3. The molecule has 0 unspecified atom stereocenters. The molecule has 1 aromatic carbocycles. The van der Waals surface area contributed by atoms with Crippen LogP contribution in [-0.4, -0.2) is 47.8 Å². The normalized spacial score (nSPS) is 18.5. The van der Waals surface area contributed by atoms with Crippen molar-refractivity contribution in [3.8, 4) is 16.9 Å². The van der Waals surface area contributed by atoms with Crippen LogP contribution >= 0.6 is 0 Å². The number of aliphatic hydroxyl groups is 1. The van der Waals surface area contributed by atoms with Gasteiger partial charge in [0.25, 0.3) is 0 Å². The summed E-state index contributed by atoms with van der Waals surface area (Å²) in [5, 5.41) is 9.10. The van der Waals surface area contributed by atoms with Gasteiger partial charge in [-0.25, -0.2) is 0 Å². The quantitative estimate of drug-likeness (QED) is 0.886. The first-order chi connectivity index (χ1) is 11.8. The number of benzene rings is 1. The van der Waals surface area contributed by atoms with Crippen molar-refractivity contribution in [1.29, 1.82) is 0 Å². The van der Waals surface area contributed by atoms with Crippen LogP contribution in [0, 0.1) is 0 Å². The second-order valence-electron chi connectivity index (χ2n) is 6.52. The first-order valence-corrected chi connectivity index (χ1v) is 8.74. The van der Waals surface area contributed by atoms with Crippen LogP contribution in [0.1, 0.15) is 24.8 Å². The number of likely N-dealkylation sites (tertiary alicyclic amines) is 1. The summed E-state index contributed by atoms with van der Waals surface area (Å²) >= 11 is 0. The van der Waals surface area contributed by atoms with Gasteiger partial charge in [0, 0.05) is 24.4 Å². The molecule has 24 heavy (non-hydrogen) atoms. The molecular weight excluding hydrogens is 300 g/mol. The van der Waals surface area contributed by atoms with E-state index in [4.69, 9.17) is 9.84 Å². The van der Waals surface area contributed by atoms with Crippen LogP contribution in [-0.2, 0) is 6.42 Å². The van der Waals surface area contributed by atoms with Gasteiger partial charge in [-0.2, -0.15) is 0 Å². The lowest BCUT2D eigenvalue weighted by Gasteiger charge is -2.32. The first kappa shape index (κ1) is 16.9. The molecule has 1 fully saturated rings. The van der Waals surface area contributed by atoms with E-state index in [1.807, 2.05) is 24.4 Å². The molecule has 3 rings (SSSR count). The summed E-state index contributed by atoms with van der Waals surface area (Å²) < 4.78 is 6.01. The molecule has 1 N–H and O–H groups in total. The fourth-order valence-corrected chi connectivity index (χ4v) is 3.24. The molecule has 1 atom stereocenters. The molecule has 128 valence electrons. The van der Waals surface area contributed by atoms with Crippen LogP contribution in [0.5, 0.6) is 5.75 Å². The van der Waals surface area contributed by atoms with Gasteiger partial charge in [-0.3, -0.25) is 4.98 Å². The van der Waals surface area contributed by atoms with Crippen LogP contribution in [0.15, 0.2) is 42.7 Å². The van der Waals surface area contributed by atoms with Gasteiger partial charge in [0.1, 0.15) is 12.4 Å². The van der Waals surface area contributed by atoms with Gasteiger partial charge in [-0.15, -0.1) is 0 Å². The zero-order chi connectivity index (χ0) is 16.8. The highest BCUT2D eigenvalue weighted by atomic mass is 16.5. The largest absolute Gasteiger partial charge is 0.490 e. The van der Waals surface area contributed by atoms with Crippen LogP contribution in [0.3, 0.4) is 0 Å². The Hall–Kier alpha value is -1.91. The molecule has 1 aromatic heterocycles. The number of nitrogens with zero attached hydrogens (tertiary/aromatic N) is 2. The number of aromatic nitrogens is 1. The monoisotopic (exact) mass is 326 g/mol. The summed E-state index contributed by atoms with van der Waals surface area (Å²) in [7, 11) is 2.18. The van der Waals surface area contributed by atoms with E-state index in [9.17, 15) is 0 Å². The number of ether oxygens (including phenoxy) is 1. The minimum absolute atomic E-state index is 0.166. The highest BCUT2D eigenvalue weighted by Gasteiger charge is 2.19. The third kappa shape index (κ3) is 4.34. The molecule has 2 aromatic rings. The molecule has 0 aliphatic carbocycles. The van der Waals surface area contributed by atoms with Crippen LogP contribution < -0.4 is 4.74 Å². The Bertz CT molecular complexity index is 660. The van der Waals surface area contributed by atoms with E-state index in [0.717, 1.165) is 29.0 Å². The Labute approximate surface area is 144 Å². The lowest BCUT2D eigenvalue weighted by molar-refractivity contribution is 0.125. The number of likely N-dealkylation sites (N-methyl/N-ethyl adjacent to an activating group) is 1. The van der Waals surface area contributed by atoms with E-state index in [1.54, 1.807) is 6.20 Å². The van der Waals surface area contributed by atoms with Gasteiger partial charge < -0.3 is 14.7 Å². The molecule has 1 saturated heterocycles. The van der Waals surface area contributed by atoms with Crippen molar-refractivity contribution in [3.63, 3.8) is 0 Å². The van der Waals surface area contributed by atoms with Gasteiger partial charge >= 0.3 is 0 Å². The fourth-order valence-electron chi connectivity index (χ4n) is 3.24. The predicted molar refractivity (Wildman–Crippen MR) is 96.2 cm³/mol. The molecular formula is C20H26N2O2. The highest BCUT2D eigenvalue weighted by molar-refractivity contribution is 5.64. The van der Waals surface area contributed by atoms with Gasteiger partial charge in [0.15, 0.2) is 0 Å². The molecule has 0 amide bonds. The van der Waals surface area contributed by atoms with Gasteiger partial charge in [-0.1, -0.05) is 30.7 Å². The van der Waals surface area contributed by atoms with Gasteiger partial charge in [-0.05, 0) is 50.0 Å². The van der Waals surface area contributed by atoms with Crippen molar-refractivity contribution in [1.82, 2.24) is 9.88 Å². The lowest BCUT2D eigenvalue weighted by Crippen LogP contribution is -2.40. The van der Waals surface area contributed by atoms with Crippen LogP contribution in [0.25, 0.3) is 11.1 Å². The van der Waals surface area contributed by atoms with E-state index >= 15 is 0 Å². The average molecular weight is 326 g/mol. The van der Waals surface area contributed by atoms with E-state index in [2.05, 4.69) is 29.1 Å². The Morgan fingerprint density at radius 2 is 2.12 bits per heavy atom. The summed E-state index contributed by atoms with van der Waals surface area (Å²) in [5.41, 5.74) is 3.28. The van der Waals surface area contributed by atoms with E-state index in [-0.39, 0.29) is 6.61 Å². The fraction of sp³-hybridized carbons (Fsp3) is 0.450. The summed E-state index contributed by atoms with van der Waals surface area (Å²) in [6.45, 7) is 2.04. The third-order valence-corrected chi connectivity index (χ3v) is 4.74. The molecule has 1 aliphatic heterocycles. The zero-order valence-corrected chi connectivity index (χ0v) is 14.3. The van der Waals surface area contributed by atoms with Crippen LogP contribution in [0.4, 0.5) is 0 Å². The number of pyridine rings is 1. The second-order valence-corrected chi connectivity index (χ2v) is 6.52.